The van der Waals surface area contributed by atoms with Gasteiger partial charge in [-0.05, 0) is 50.1 Å². The minimum atomic E-state index is 0.207. The maximum Gasteiger partial charge on any atom is 0.0499 e. The molecule has 1 aliphatic carbocycles. The molecule has 0 radical (unpaired) electrons. The first kappa shape index (κ1) is 14.3. The molecule has 1 heterocycles. The van der Waals surface area contributed by atoms with E-state index in [0.29, 0.717) is 12.0 Å². The summed E-state index contributed by atoms with van der Waals surface area (Å²) in [5, 5.41) is 9.87. The van der Waals surface area contributed by atoms with Crippen molar-refractivity contribution < 1.29 is 5.11 Å². The maximum absolute atomic E-state index is 9.87. The summed E-state index contributed by atoms with van der Waals surface area (Å²) >= 11 is 0. The van der Waals surface area contributed by atoms with Gasteiger partial charge in [0.2, 0.25) is 0 Å². The van der Waals surface area contributed by atoms with Crippen LogP contribution in [0.3, 0.4) is 0 Å². The van der Waals surface area contributed by atoms with Crippen LogP contribution in [0.4, 0.5) is 0 Å². The van der Waals surface area contributed by atoms with E-state index in [9.17, 15) is 5.11 Å². The molecule has 106 valence electrons. The van der Waals surface area contributed by atoms with E-state index in [1.165, 1.54) is 51.6 Å². The average Bonchev–Trinajstić information content (AvgIpc) is 2.32. The lowest BCUT2D eigenvalue weighted by Crippen LogP contribution is -2.47. The van der Waals surface area contributed by atoms with Crippen molar-refractivity contribution in [3.63, 3.8) is 0 Å². The number of likely N-dealkylation sites (tertiary alicyclic amines) is 1. The molecular formula is C16H31NO. The Morgan fingerprint density at radius 2 is 1.83 bits per heavy atom. The van der Waals surface area contributed by atoms with E-state index in [4.69, 9.17) is 0 Å². The van der Waals surface area contributed by atoms with Crippen molar-refractivity contribution in [3.8, 4) is 0 Å². The van der Waals surface area contributed by atoms with Gasteiger partial charge in [-0.15, -0.1) is 0 Å². The zero-order valence-electron chi connectivity index (χ0n) is 12.5. The number of aliphatic hydroxyl groups is 1. The van der Waals surface area contributed by atoms with Crippen molar-refractivity contribution >= 4 is 0 Å². The van der Waals surface area contributed by atoms with Gasteiger partial charge in [0.1, 0.15) is 0 Å². The van der Waals surface area contributed by atoms with Gasteiger partial charge >= 0.3 is 0 Å². The van der Waals surface area contributed by atoms with E-state index < -0.39 is 0 Å². The Morgan fingerprint density at radius 1 is 1.17 bits per heavy atom. The second kappa shape index (κ2) is 5.50. The molecule has 1 aliphatic heterocycles. The van der Waals surface area contributed by atoms with Crippen LogP contribution in [0, 0.1) is 16.7 Å². The molecule has 2 rings (SSSR count). The second-order valence-electron chi connectivity index (χ2n) is 7.80. The Morgan fingerprint density at radius 3 is 2.39 bits per heavy atom. The van der Waals surface area contributed by atoms with Gasteiger partial charge in [-0.2, -0.15) is 0 Å². The SMILES string of the molecule is CC1CCCC(CO)(CN2CCC(C)(C)CC2)C1. The fourth-order valence-corrected chi connectivity index (χ4v) is 3.90. The van der Waals surface area contributed by atoms with Crippen molar-refractivity contribution in [2.24, 2.45) is 16.7 Å². The number of nitrogens with zero attached hydrogens (tertiary/aromatic N) is 1. The van der Waals surface area contributed by atoms with Gasteiger partial charge in [0.25, 0.3) is 0 Å². The van der Waals surface area contributed by atoms with Gasteiger partial charge in [-0.3, -0.25) is 0 Å². The van der Waals surface area contributed by atoms with E-state index in [2.05, 4.69) is 25.7 Å². The summed E-state index contributed by atoms with van der Waals surface area (Å²) < 4.78 is 0. The Kier molecular flexibility index (Phi) is 4.38. The predicted molar refractivity (Wildman–Crippen MR) is 76.6 cm³/mol. The van der Waals surface area contributed by atoms with E-state index in [1.54, 1.807) is 0 Å². The van der Waals surface area contributed by atoms with E-state index in [-0.39, 0.29) is 5.41 Å². The summed E-state index contributed by atoms with van der Waals surface area (Å²) in [6.07, 6.45) is 7.74. The van der Waals surface area contributed by atoms with Crippen LogP contribution < -0.4 is 0 Å². The van der Waals surface area contributed by atoms with Gasteiger partial charge in [0, 0.05) is 18.6 Å². The van der Waals surface area contributed by atoms with Crippen molar-refractivity contribution in [3.05, 3.63) is 0 Å². The summed E-state index contributed by atoms with van der Waals surface area (Å²) in [5.41, 5.74) is 0.738. The first-order valence-electron chi connectivity index (χ1n) is 7.78. The molecule has 0 aromatic carbocycles. The third-order valence-electron chi connectivity index (χ3n) is 5.29. The third kappa shape index (κ3) is 3.48. The van der Waals surface area contributed by atoms with Gasteiger partial charge in [-0.1, -0.05) is 33.6 Å². The van der Waals surface area contributed by atoms with Crippen LogP contribution in [0.25, 0.3) is 0 Å². The molecule has 1 N–H and O–H groups in total. The zero-order valence-corrected chi connectivity index (χ0v) is 12.5. The molecule has 0 spiro atoms. The molecule has 1 saturated carbocycles. The standard InChI is InChI=1S/C16H31NO/c1-14-5-4-6-16(11-14,13-18)12-17-9-7-15(2,3)8-10-17/h14,18H,4-13H2,1-3H3. The van der Waals surface area contributed by atoms with Gasteiger partial charge < -0.3 is 10.0 Å². The smallest absolute Gasteiger partial charge is 0.0499 e. The highest BCUT2D eigenvalue weighted by molar-refractivity contribution is 4.89. The molecule has 0 bridgehead atoms. The number of piperidine rings is 1. The fraction of sp³-hybridized carbons (Fsp3) is 1.00. The highest BCUT2D eigenvalue weighted by Crippen LogP contribution is 2.41. The van der Waals surface area contributed by atoms with Crippen LogP contribution in [0.5, 0.6) is 0 Å². The van der Waals surface area contributed by atoms with Crippen LogP contribution in [0.15, 0.2) is 0 Å². The lowest BCUT2D eigenvalue weighted by atomic mass is 9.70. The van der Waals surface area contributed by atoms with Gasteiger partial charge in [0.15, 0.2) is 0 Å². The largest absolute Gasteiger partial charge is 0.396 e. The van der Waals surface area contributed by atoms with Crippen LogP contribution in [0.2, 0.25) is 0 Å². The fourth-order valence-electron chi connectivity index (χ4n) is 3.90. The number of hydrogen-bond acceptors (Lipinski definition) is 2. The normalized spacial score (nSPS) is 37.7. The highest BCUT2D eigenvalue weighted by Gasteiger charge is 2.37. The van der Waals surface area contributed by atoms with Crippen molar-refractivity contribution in [1.82, 2.24) is 4.90 Å². The van der Waals surface area contributed by atoms with Gasteiger partial charge in [-0.25, -0.2) is 0 Å². The Balaban J connectivity index is 1.90. The summed E-state index contributed by atoms with van der Waals surface area (Å²) in [6, 6.07) is 0. The highest BCUT2D eigenvalue weighted by atomic mass is 16.3. The minimum absolute atomic E-state index is 0.207. The first-order chi connectivity index (χ1) is 8.45. The summed E-state index contributed by atoms with van der Waals surface area (Å²) in [5.74, 6) is 0.798. The molecule has 2 atom stereocenters. The molecule has 0 aromatic heterocycles. The monoisotopic (exact) mass is 253 g/mol. The maximum atomic E-state index is 9.87. The van der Waals surface area contributed by atoms with Crippen molar-refractivity contribution in [2.45, 2.75) is 59.3 Å². The molecule has 0 aromatic rings. The summed E-state index contributed by atoms with van der Waals surface area (Å²) in [6.45, 7) is 11.1. The van der Waals surface area contributed by atoms with Crippen LogP contribution in [-0.4, -0.2) is 36.2 Å². The molecule has 2 heteroatoms. The Hall–Kier alpha value is -0.0800. The zero-order chi connectivity index (χ0) is 13.2. The minimum Gasteiger partial charge on any atom is -0.396 e. The molecule has 2 unspecified atom stereocenters. The number of rotatable bonds is 3. The third-order valence-corrected chi connectivity index (χ3v) is 5.29. The summed E-state index contributed by atoms with van der Waals surface area (Å²) in [7, 11) is 0. The Labute approximate surface area is 113 Å². The van der Waals surface area contributed by atoms with Crippen molar-refractivity contribution in [1.29, 1.82) is 0 Å². The van der Waals surface area contributed by atoms with Crippen molar-refractivity contribution in [2.75, 3.05) is 26.2 Å². The molecule has 18 heavy (non-hydrogen) atoms. The first-order valence-corrected chi connectivity index (χ1v) is 7.78. The van der Waals surface area contributed by atoms with Crippen LogP contribution in [-0.2, 0) is 0 Å². The lowest BCUT2D eigenvalue weighted by molar-refractivity contribution is 0.00694. The van der Waals surface area contributed by atoms with Crippen LogP contribution in [0.1, 0.15) is 59.3 Å². The molecule has 2 nitrogen and oxygen atoms in total. The van der Waals surface area contributed by atoms with Crippen LogP contribution >= 0.6 is 0 Å². The molecule has 0 amide bonds. The molecule has 2 aliphatic rings. The number of aliphatic hydroxyl groups excluding tert-OH is 1. The quantitative estimate of drug-likeness (QED) is 0.834. The topological polar surface area (TPSA) is 23.5 Å². The lowest BCUT2D eigenvalue weighted by Gasteiger charge is -2.45. The Bertz CT molecular complexity index is 266. The second-order valence-corrected chi connectivity index (χ2v) is 7.80. The van der Waals surface area contributed by atoms with E-state index in [1.807, 2.05) is 0 Å². The molecular weight excluding hydrogens is 222 g/mol. The average molecular weight is 253 g/mol. The summed E-state index contributed by atoms with van der Waals surface area (Å²) in [4.78, 5) is 2.61. The van der Waals surface area contributed by atoms with E-state index in [0.717, 1.165) is 12.5 Å². The number of hydrogen-bond donors (Lipinski definition) is 1. The predicted octanol–water partition coefficient (Wildman–Crippen LogP) is 3.30. The van der Waals surface area contributed by atoms with Gasteiger partial charge in [0.05, 0.1) is 0 Å². The molecule has 1 saturated heterocycles. The molecule has 2 fully saturated rings. The van der Waals surface area contributed by atoms with E-state index >= 15 is 0 Å².